The average molecular weight is 253 g/mol. The van der Waals surface area contributed by atoms with E-state index in [0.29, 0.717) is 24.9 Å². The third kappa shape index (κ3) is 2.86. The van der Waals surface area contributed by atoms with Crippen LogP contribution < -0.4 is 5.73 Å². The van der Waals surface area contributed by atoms with Gasteiger partial charge < -0.3 is 15.5 Å². The number of nitrogens with two attached hydrogens (primary N) is 1. The quantitative estimate of drug-likeness (QED) is 0.818. The second-order valence-corrected chi connectivity index (χ2v) is 6.29. The van der Waals surface area contributed by atoms with Crippen LogP contribution >= 0.6 is 0 Å². The van der Waals surface area contributed by atoms with E-state index in [2.05, 4.69) is 23.8 Å². The van der Waals surface area contributed by atoms with E-state index in [0.717, 1.165) is 38.9 Å². The lowest BCUT2D eigenvalue weighted by molar-refractivity contribution is -0.137. The molecule has 1 heterocycles. The van der Waals surface area contributed by atoms with Crippen molar-refractivity contribution in [3.05, 3.63) is 0 Å². The van der Waals surface area contributed by atoms with Gasteiger partial charge in [0, 0.05) is 25.6 Å². The number of carbonyl (C=O) groups is 1. The van der Waals surface area contributed by atoms with E-state index in [4.69, 9.17) is 5.73 Å². The van der Waals surface area contributed by atoms with Gasteiger partial charge in [0.1, 0.15) is 0 Å². The minimum absolute atomic E-state index is 0.134. The molecule has 0 aromatic carbocycles. The topological polar surface area (TPSA) is 49.6 Å². The highest BCUT2D eigenvalue weighted by Gasteiger charge is 2.39. The third-order valence-electron chi connectivity index (χ3n) is 4.74. The molecule has 2 aliphatic rings. The van der Waals surface area contributed by atoms with Crippen LogP contribution in [0.25, 0.3) is 0 Å². The summed E-state index contributed by atoms with van der Waals surface area (Å²) in [5, 5.41) is 0. The van der Waals surface area contributed by atoms with Crippen molar-refractivity contribution in [1.29, 1.82) is 0 Å². The lowest BCUT2D eigenvalue weighted by atomic mass is 9.66. The van der Waals surface area contributed by atoms with Crippen molar-refractivity contribution >= 4 is 5.91 Å². The van der Waals surface area contributed by atoms with Crippen LogP contribution in [0.5, 0.6) is 0 Å². The fourth-order valence-electron chi connectivity index (χ4n) is 3.29. The fourth-order valence-corrected chi connectivity index (χ4v) is 3.29. The summed E-state index contributed by atoms with van der Waals surface area (Å²) in [5.41, 5.74) is 5.99. The van der Waals surface area contributed by atoms with E-state index in [1.807, 2.05) is 0 Å². The Balaban J connectivity index is 1.95. The summed E-state index contributed by atoms with van der Waals surface area (Å²) in [6.07, 6.45) is 5.26. The molecule has 1 saturated carbocycles. The van der Waals surface area contributed by atoms with Crippen molar-refractivity contribution < 1.29 is 4.79 Å². The number of amides is 1. The molecule has 2 fully saturated rings. The van der Waals surface area contributed by atoms with Gasteiger partial charge in [-0.25, -0.2) is 0 Å². The average Bonchev–Trinajstić information content (AvgIpc) is 2.44. The van der Waals surface area contributed by atoms with Crippen LogP contribution in [-0.4, -0.2) is 55.0 Å². The largest absolute Gasteiger partial charge is 0.339 e. The van der Waals surface area contributed by atoms with Crippen molar-refractivity contribution in [1.82, 2.24) is 9.80 Å². The minimum atomic E-state index is 0.134. The molecular weight excluding hydrogens is 226 g/mol. The maximum atomic E-state index is 12.5. The lowest BCUT2D eigenvalue weighted by Crippen LogP contribution is -2.47. The first-order valence-electron chi connectivity index (χ1n) is 7.24. The number of nitrogens with zero attached hydrogens (tertiary/aromatic N) is 2. The summed E-state index contributed by atoms with van der Waals surface area (Å²) in [6, 6.07) is 0.333. The van der Waals surface area contributed by atoms with Gasteiger partial charge in [-0.05, 0) is 51.7 Å². The monoisotopic (exact) mass is 253 g/mol. The minimum Gasteiger partial charge on any atom is -0.339 e. The number of likely N-dealkylation sites (N-methyl/N-ethyl adjacent to an activating group) is 1. The summed E-state index contributed by atoms with van der Waals surface area (Å²) in [5.74, 6) is 0.322. The molecular formula is C14H27N3O. The summed E-state index contributed by atoms with van der Waals surface area (Å²) in [4.78, 5) is 16.9. The zero-order valence-electron chi connectivity index (χ0n) is 11.8. The molecule has 2 rings (SSSR count). The molecule has 18 heavy (non-hydrogen) atoms. The molecule has 1 saturated heterocycles. The highest BCUT2D eigenvalue weighted by molar-refractivity contribution is 5.77. The number of hydrogen-bond acceptors (Lipinski definition) is 3. The zero-order valence-corrected chi connectivity index (χ0v) is 11.8. The van der Waals surface area contributed by atoms with Crippen molar-refractivity contribution in [3.63, 3.8) is 0 Å². The van der Waals surface area contributed by atoms with Crippen LogP contribution in [0.2, 0.25) is 0 Å². The molecule has 1 amide bonds. The first-order valence-corrected chi connectivity index (χ1v) is 7.24. The van der Waals surface area contributed by atoms with Gasteiger partial charge in [0.2, 0.25) is 5.91 Å². The molecule has 0 bridgehead atoms. The van der Waals surface area contributed by atoms with Crippen molar-refractivity contribution in [2.45, 2.75) is 45.1 Å². The van der Waals surface area contributed by atoms with Gasteiger partial charge in [0.25, 0.3) is 0 Å². The predicted octanol–water partition coefficient (Wildman–Crippen LogP) is 1.06. The molecule has 104 valence electrons. The summed E-state index contributed by atoms with van der Waals surface area (Å²) >= 11 is 0. The molecule has 1 atom stereocenters. The Morgan fingerprint density at radius 3 is 2.61 bits per heavy atom. The highest BCUT2D eigenvalue weighted by Crippen LogP contribution is 2.43. The van der Waals surface area contributed by atoms with Gasteiger partial charge in [-0.1, -0.05) is 6.42 Å². The van der Waals surface area contributed by atoms with Crippen molar-refractivity contribution in [3.8, 4) is 0 Å². The maximum Gasteiger partial charge on any atom is 0.223 e. The summed E-state index contributed by atoms with van der Waals surface area (Å²) < 4.78 is 0. The standard InChI is InChI=1S/C14H27N3O/c1-12-10-16(2)7-4-8-17(12)13(18)9-14(11-15)5-3-6-14/h12H,3-11,15H2,1-2H3. The second-order valence-electron chi connectivity index (χ2n) is 6.29. The van der Waals surface area contributed by atoms with Crippen LogP contribution in [0.15, 0.2) is 0 Å². The van der Waals surface area contributed by atoms with Crippen LogP contribution in [-0.2, 0) is 4.79 Å². The SMILES string of the molecule is CC1CN(C)CCCN1C(=O)CC1(CN)CCC1. The van der Waals surface area contributed by atoms with E-state index in [-0.39, 0.29) is 5.41 Å². The Hall–Kier alpha value is -0.610. The second kappa shape index (κ2) is 5.57. The Bertz CT molecular complexity index is 296. The molecule has 1 unspecified atom stereocenters. The normalized spacial score (nSPS) is 28.6. The number of carbonyl (C=O) groups excluding carboxylic acids is 1. The zero-order chi connectivity index (χ0) is 13.2. The van der Waals surface area contributed by atoms with Crippen molar-refractivity contribution in [2.75, 3.05) is 33.2 Å². The molecule has 1 aliphatic heterocycles. The summed E-state index contributed by atoms with van der Waals surface area (Å²) in [6.45, 7) is 5.82. The van der Waals surface area contributed by atoms with Crippen LogP contribution in [0.4, 0.5) is 0 Å². The molecule has 4 nitrogen and oxygen atoms in total. The number of rotatable bonds is 3. The molecule has 1 aliphatic carbocycles. The first kappa shape index (κ1) is 13.8. The molecule has 0 radical (unpaired) electrons. The van der Waals surface area contributed by atoms with E-state index in [9.17, 15) is 4.79 Å². The van der Waals surface area contributed by atoms with Crippen LogP contribution in [0.1, 0.15) is 39.0 Å². The van der Waals surface area contributed by atoms with Gasteiger partial charge in [-0.15, -0.1) is 0 Å². The lowest BCUT2D eigenvalue weighted by Gasteiger charge is -2.42. The van der Waals surface area contributed by atoms with Crippen LogP contribution in [0.3, 0.4) is 0 Å². The Morgan fingerprint density at radius 2 is 2.06 bits per heavy atom. The third-order valence-corrected chi connectivity index (χ3v) is 4.74. The van der Waals surface area contributed by atoms with E-state index in [1.54, 1.807) is 0 Å². The highest BCUT2D eigenvalue weighted by atomic mass is 16.2. The summed E-state index contributed by atoms with van der Waals surface area (Å²) in [7, 11) is 2.14. The van der Waals surface area contributed by atoms with E-state index >= 15 is 0 Å². The van der Waals surface area contributed by atoms with Gasteiger partial charge >= 0.3 is 0 Å². The first-order chi connectivity index (χ1) is 8.56. The predicted molar refractivity (Wildman–Crippen MR) is 73.2 cm³/mol. The van der Waals surface area contributed by atoms with E-state index in [1.165, 1.54) is 6.42 Å². The molecule has 0 aromatic rings. The maximum absolute atomic E-state index is 12.5. The molecule has 0 aromatic heterocycles. The fraction of sp³-hybridized carbons (Fsp3) is 0.929. The van der Waals surface area contributed by atoms with Crippen LogP contribution in [0, 0.1) is 5.41 Å². The molecule has 4 heteroatoms. The number of hydrogen-bond donors (Lipinski definition) is 1. The van der Waals surface area contributed by atoms with Gasteiger partial charge in [0.05, 0.1) is 0 Å². The van der Waals surface area contributed by atoms with Gasteiger partial charge in [-0.3, -0.25) is 4.79 Å². The molecule has 0 spiro atoms. The van der Waals surface area contributed by atoms with Crippen molar-refractivity contribution in [2.24, 2.45) is 11.1 Å². The smallest absolute Gasteiger partial charge is 0.223 e. The van der Waals surface area contributed by atoms with Gasteiger partial charge in [0.15, 0.2) is 0 Å². The molecule has 2 N–H and O–H groups in total. The Morgan fingerprint density at radius 1 is 1.33 bits per heavy atom. The van der Waals surface area contributed by atoms with E-state index < -0.39 is 0 Å². The van der Waals surface area contributed by atoms with Gasteiger partial charge in [-0.2, -0.15) is 0 Å². The Labute approximate surface area is 110 Å². The Kier molecular flexibility index (Phi) is 4.28.